The van der Waals surface area contributed by atoms with Crippen molar-refractivity contribution in [3.63, 3.8) is 0 Å². The molecule has 0 N–H and O–H groups in total. The summed E-state index contributed by atoms with van der Waals surface area (Å²) in [7, 11) is 0. The molecule has 0 aromatic heterocycles. The van der Waals surface area contributed by atoms with E-state index in [4.69, 9.17) is 35.9 Å². The molecule has 186 valence electrons. The maximum Gasteiger partial charge on any atom is 0.303 e. The quantitative estimate of drug-likeness (QED) is 0.223. The van der Waals surface area contributed by atoms with E-state index in [2.05, 4.69) is 0 Å². The van der Waals surface area contributed by atoms with Crippen molar-refractivity contribution < 1.29 is 42.9 Å². The lowest BCUT2D eigenvalue weighted by atomic mass is 9.99. The molecule has 34 heavy (non-hydrogen) atoms. The van der Waals surface area contributed by atoms with E-state index >= 15 is 0 Å². The van der Waals surface area contributed by atoms with Crippen molar-refractivity contribution in [3.05, 3.63) is 29.8 Å². The minimum atomic E-state index is -1.22. The molecule has 1 fully saturated rings. The Hall–Kier alpha value is -2.15. The molecule has 0 aliphatic carbocycles. The van der Waals surface area contributed by atoms with Crippen molar-refractivity contribution in [1.29, 1.82) is 0 Å². The number of rotatable bonds is 7. The van der Waals surface area contributed by atoms with E-state index in [1.54, 1.807) is 0 Å². The predicted octanol–water partition coefficient (Wildman–Crippen LogP) is 3.19. The summed E-state index contributed by atoms with van der Waals surface area (Å²) in [5.41, 5.74) is 0.161. The zero-order chi connectivity index (χ0) is 25.4. The normalized spacial score (nSPS) is 24.0. The van der Waals surface area contributed by atoms with Gasteiger partial charge in [0.2, 0.25) is 0 Å². The molecule has 0 spiro atoms. The van der Waals surface area contributed by atoms with Crippen LogP contribution in [0.3, 0.4) is 0 Å². The third-order valence-electron chi connectivity index (χ3n) is 4.38. The topological polar surface area (TPSA) is 114 Å². The Balaban J connectivity index is 2.35. The zero-order valence-corrected chi connectivity index (χ0v) is 21.8. The van der Waals surface area contributed by atoms with Crippen LogP contribution in [0, 0.1) is 6.92 Å². The number of carbonyl (C=O) groups is 4. The first-order chi connectivity index (χ1) is 16.0. The van der Waals surface area contributed by atoms with Crippen LogP contribution in [0.5, 0.6) is 0 Å². The maximum atomic E-state index is 11.9. The van der Waals surface area contributed by atoms with Crippen molar-refractivity contribution in [2.75, 3.05) is 6.61 Å². The van der Waals surface area contributed by atoms with E-state index in [0.717, 1.165) is 22.2 Å². The van der Waals surface area contributed by atoms with E-state index in [-0.39, 0.29) is 6.61 Å². The highest BCUT2D eigenvalue weighted by Crippen LogP contribution is 2.38. The first kappa shape index (κ1) is 28.1. The molecule has 1 aliphatic heterocycles. The van der Waals surface area contributed by atoms with Gasteiger partial charge in [0.25, 0.3) is 0 Å². The molecule has 1 aliphatic rings. The fourth-order valence-electron chi connectivity index (χ4n) is 3.11. The fraction of sp³-hybridized carbons (Fsp3) is 0.500. The second-order valence-electron chi connectivity index (χ2n) is 7.35. The van der Waals surface area contributed by atoms with Gasteiger partial charge in [-0.3, -0.25) is 19.2 Å². The highest BCUT2D eigenvalue weighted by Gasteiger charge is 2.52. The van der Waals surface area contributed by atoms with E-state index in [0.29, 0.717) is 3.53 Å². The Morgan fingerprint density at radius 2 is 1.38 bits per heavy atom. The minimum absolute atomic E-state index is 0.285. The summed E-state index contributed by atoms with van der Waals surface area (Å²) in [6.07, 6.45) is -4.57. The van der Waals surface area contributed by atoms with E-state index in [1.165, 1.54) is 39.5 Å². The number of hydrogen-bond acceptors (Lipinski definition) is 12. The predicted molar refractivity (Wildman–Crippen MR) is 129 cm³/mol. The standard InChI is InChI=1S/C22H26O9S3/c1-11-6-8-16(9-7-11)33-22(32)34-21-20(30-15(5)26)19(29-14(4)25)18(28-13(3)24)17(31-21)10-27-12(2)23/h6-9,17-21H,10H2,1-5H3/t17-,18+,19+,20-,21+/m1/s1. The SMILES string of the molecule is CC(=O)OC[C@H]1O[C@@H](SC(=S)Sc2ccc(C)cc2)[C@H](OC(C)=O)[C@@H](OC(C)=O)[C@H]1OC(C)=O. The van der Waals surface area contributed by atoms with Crippen molar-refractivity contribution >= 4 is 63.1 Å². The van der Waals surface area contributed by atoms with Crippen LogP contribution >= 0.6 is 35.7 Å². The molecule has 2 rings (SSSR count). The number of thiocarbonyl (C=S) groups is 1. The van der Waals surface area contributed by atoms with Gasteiger partial charge in [-0.25, -0.2) is 0 Å². The van der Waals surface area contributed by atoms with Gasteiger partial charge < -0.3 is 23.7 Å². The summed E-state index contributed by atoms with van der Waals surface area (Å²) < 4.78 is 27.8. The largest absolute Gasteiger partial charge is 0.463 e. The van der Waals surface area contributed by atoms with Gasteiger partial charge in [-0.2, -0.15) is 0 Å². The Morgan fingerprint density at radius 3 is 1.91 bits per heavy atom. The van der Waals surface area contributed by atoms with Gasteiger partial charge in [0.1, 0.15) is 21.7 Å². The Labute approximate surface area is 211 Å². The van der Waals surface area contributed by atoms with E-state index in [9.17, 15) is 19.2 Å². The molecular weight excluding hydrogens is 504 g/mol. The lowest BCUT2D eigenvalue weighted by molar-refractivity contribution is -0.237. The van der Waals surface area contributed by atoms with Gasteiger partial charge in [0.15, 0.2) is 18.3 Å². The van der Waals surface area contributed by atoms with E-state index < -0.39 is 53.7 Å². The minimum Gasteiger partial charge on any atom is -0.463 e. The molecule has 1 aromatic rings. The van der Waals surface area contributed by atoms with Crippen LogP contribution in [0.15, 0.2) is 29.2 Å². The summed E-state index contributed by atoms with van der Waals surface area (Å²) in [4.78, 5) is 47.8. The number of hydrogen-bond donors (Lipinski definition) is 0. The monoisotopic (exact) mass is 530 g/mol. The summed E-state index contributed by atoms with van der Waals surface area (Å²) >= 11 is 7.90. The molecule has 1 saturated heterocycles. The number of esters is 4. The van der Waals surface area contributed by atoms with Gasteiger partial charge in [-0.15, -0.1) is 0 Å². The molecule has 9 nitrogen and oxygen atoms in total. The molecule has 0 saturated carbocycles. The third-order valence-corrected chi connectivity index (χ3v) is 6.94. The van der Waals surface area contributed by atoms with Crippen LogP contribution in [0.25, 0.3) is 0 Å². The van der Waals surface area contributed by atoms with Gasteiger partial charge >= 0.3 is 23.9 Å². The first-order valence-corrected chi connectivity index (χ1v) is 12.3. The lowest BCUT2D eigenvalue weighted by Gasteiger charge is -2.44. The summed E-state index contributed by atoms with van der Waals surface area (Å²) in [6.45, 7) is 6.44. The smallest absolute Gasteiger partial charge is 0.303 e. The molecule has 12 heteroatoms. The molecule has 0 radical (unpaired) electrons. The number of thioether (sulfide) groups is 2. The highest BCUT2D eigenvalue weighted by atomic mass is 32.2. The van der Waals surface area contributed by atoms with Crippen LogP contribution in [0.4, 0.5) is 0 Å². The molecule has 0 amide bonds. The van der Waals surface area contributed by atoms with Gasteiger partial charge in [-0.05, 0) is 19.1 Å². The van der Waals surface area contributed by atoms with E-state index in [1.807, 2.05) is 31.2 Å². The molecule has 1 heterocycles. The zero-order valence-electron chi connectivity index (χ0n) is 19.3. The maximum absolute atomic E-state index is 11.9. The molecular formula is C22H26O9S3. The number of benzene rings is 1. The average Bonchev–Trinajstić information content (AvgIpc) is 2.71. The number of carbonyl (C=O) groups excluding carboxylic acids is 4. The number of ether oxygens (including phenoxy) is 5. The molecule has 0 bridgehead atoms. The number of aryl methyl sites for hydroxylation is 1. The molecule has 0 unspecified atom stereocenters. The third kappa shape index (κ3) is 8.90. The summed E-state index contributed by atoms with van der Waals surface area (Å²) in [5.74, 6) is -2.61. The van der Waals surface area contributed by atoms with Crippen molar-refractivity contribution in [3.8, 4) is 0 Å². The Bertz CT molecular complexity index is 919. The van der Waals surface area contributed by atoms with Crippen molar-refractivity contribution in [2.24, 2.45) is 0 Å². The molecule has 5 atom stereocenters. The van der Waals surface area contributed by atoms with Crippen LogP contribution in [0.2, 0.25) is 0 Å². The first-order valence-electron chi connectivity index (χ1n) is 10.2. The van der Waals surface area contributed by atoms with Gasteiger partial charge in [0.05, 0.1) is 0 Å². The summed E-state index contributed by atoms with van der Waals surface area (Å²) in [6, 6.07) is 7.73. The average molecular weight is 531 g/mol. The van der Waals surface area contributed by atoms with Crippen LogP contribution in [0.1, 0.15) is 33.3 Å². The van der Waals surface area contributed by atoms with Gasteiger partial charge in [0, 0.05) is 32.6 Å². The van der Waals surface area contributed by atoms with Gasteiger partial charge in [-0.1, -0.05) is 53.4 Å². The summed E-state index contributed by atoms with van der Waals surface area (Å²) in [5, 5.41) is 0. The van der Waals surface area contributed by atoms with Crippen LogP contribution in [-0.4, -0.2) is 63.9 Å². The second kappa shape index (κ2) is 13.1. The highest BCUT2D eigenvalue weighted by molar-refractivity contribution is 8.47. The van der Waals surface area contributed by atoms with Crippen LogP contribution < -0.4 is 0 Å². The van der Waals surface area contributed by atoms with Crippen molar-refractivity contribution in [1.82, 2.24) is 0 Å². The lowest BCUT2D eigenvalue weighted by Crippen LogP contribution is -2.61. The molecule has 1 aromatic carbocycles. The second-order valence-corrected chi connectivity index (χ2v) is 10.7. The Morgan fingerprint density at radius 1 is 0.853 bits per heavy atom. The fourth-order valence-corrected chi connectivity index (χ4v) is 5.64. The van der Waals surface area contributed by atoms with Crippen molar-refractivity contribution in [2.45, 2.75) is 69.4 Å². The van der Waals surface area contributed by atoms with Crippen LogP contribution in [-0.2, 0) is 42.9 Å². The Kier molecular flexibility index (Phi) is 10.8.